The van der Waals surface area contributed by atoms with Crippen LogP contribution < -0.4 is 11.1 Å². The molecule has 0 radical (unpaired) electrons. The summed E-state index contributed by atoms with van der Waals surface area (Å²) in [4.78, 5) is 0. The zero-order valence-electron chi connectivity index (χ0n) is 12.9. The van der Waals surface area contributed by atoms with E-state index in [4.69, 9.17) is 5.73 Å². The van der Waals surface area contributed by atoms with Crippen LogP contribution in [0.2, 0.25) is 0 Å². The van der Waals surface area contributed by atoms with Gasteiger partial charge in [-0.1, -0.05) is 30.8 Å². The van der Waals surface area contributed by atoms with Gasteiger partial charge in [-0.15, -0.1) is 0 Å². The Kier molecular flexibility index (Phi) is 4.97. The molecule has 0 fully saturated rings. The number of halogens is 4. The first kappa shape index (κ1) is 17.6. The molecule has 0 unspecified atom stereocenters. The van der Waals surface area contributed by atoms with Crippen molar-refractivity contribution in [2.24, 2.45) is 5.73 Å². The van der Waals surface area contributed by atoms with Gasteiger partial charge in [0.1, 0.15) is 5.82 Å². The van der Waals surface area contributed by atoms with E-state index >= 15 is 0 Å². The molecule has 0 heterocycles. The third kappa shape index (κ3) is 3.95. The molecule has 0 aromatic heterocycles. The molecule has 0 atom stereocenters. The molecule has 0 spiro atoms. The fourth-order valence-electron chi connectivity index (χ4n) is 2.14. The Labute approximate surface area is 137 Å². The lowest BCUT2D eigenvalue weighted by Gasteiger charge is -2.11. The van der Waals surface area contributed by atoms with E-state index in [0.717, 1.165) is 12.1 Å². The Balaban J connectivity index is 2.37. The van der Waals surface area contributed by atoms with Crippen LogP contribution in [0.1, 0.15) is 22.3 Å². The van der Waals surface area contributed by atoms with Crippen LogP contribution in [0.25, 0.3) is 17.5 Å². The van der Waals surface area contributed by atoms with Crippen LogP contribution in [0.3, 0.4) is 0 Å². The molecule has 0 aliphatic heterocycles. The third-order valence-corrected chi connectivity index (χ3v) is 3.46. The van der Waals surface area contributed by atoms with Crippen LogP contribution in [-0.4, -0.2) is 7.05 Å². The van der Waals surface area contributed by atoms with Gasteiger partial charge in [0.2, 0.25) is 0 Å². The number of hydrogen-bond donors (Lipinski definition) is 2. The number of rotatable bonds is 4. The molecule has 3 N–H and O–H groups in total. The van der Waals surface area contributed by atoms with Gasteiger partial charge in [-0.3, -0.25) is 0 Å². The maximum atomic E-state index is 14.1. The minimum Gasteiger partial charge on any atom is -0.399 e. The second-order valence-corrected chi connectivity index (χ2v) is 5.14. The van der Waals surface area contributed by atoms with Gasteiger partial charge in [0.05, 0.1) is 5.56 Å². The molecule has 2 rings (SSSR count). The van der Waals surface area contributed by atoms with Crippen molar-refractivity contribution < 1.29 is 17.6 Å². The van der Waals surface area contributed by atoms with E-state index in [2.05, 4.69) is 11.9 Å². The van der Waals surface area contributed by atoms with Gasteiger partial charge in [0, 0.05) is 24.0 Å². The Bertz CT molecular complexity index is 775. The molecular formula is C18H16F4N2. The van der Waals surface area contributed by atoms with Crippen LogP contribution >= 0.6 is 0 Å². The van der Waals surface area contributed by atoms with Gasteiger partial charge in [0.25, 0.3) is 0 Å². The monoisotopic (exact) mass is 336 g/mol. The summed E-state index contributed by atoms with van der Waals surface area (Å²) in [6, 6.07) is 9.05. The van der Waals surface area contributed by atoms with Gasteiger partial charge in [-0.05, 0) is 35.4 Å². The Hall–Kier alpha value is -2.76. The van der Waals surface area contributed by atoms with Crippen molar-refractivity contribution in [3.63, 3.8) is 0 Å². The van der Waals surface area contributed by atoms with Crippen molar-refractivity contribution >= 4 is 17.5 Å². The summed E-state index contributed by atoms with van der Waals surface area (Å²) in [7, 11) is 1.61. The SMILES string of the molecule is C=C(N)c1ccc(/C=C(\NC)c2ccc(C(F)(F)F)cc2)c(F)c1. The number of benzene rings is 2. The first-order valence-electron chi connectivity index (χ1n) is 7.03. The number of nitrogens with two attached hydrogens (primary N) is 1. The number of alkyl halides is 3. The summed E-state index contributed by atoms with van der Waals surface area (Å²) >= 11 is 0. The second kappa shape index (κ2) is 6.78. The fourth-order valence-corrected chi connectivity index (χ4v) is 2.14. The van der Waals surface area contributed by atoms with E-state index in [-0.39, 0.29) is 11.3 Å². The van der Waals surface area contributed by atoms with Gasteiger partial charge in [0.15, 0.2) is 0 Å². The first-order chi connectivity index (χ1) is 11.2. The first-order valence-corrected chi connectivity index (χ1v) is 7.03. The highest BCUT2D eigenvalue weighted by Crippen LogP contribution is 2.30. The van der Waals surface area contributed by atoms with E-state index in [9.17, 15) is 17.6 Å². The highest BCUT2D eigenvalue weighted by Gasteiger charge is 2.30. The molecule has 126 valence electrons. The van der Waals surface area contributed by atoms with Crippen LogP contribution in [-0.2, 0) is 6.18 Å². The average molecular weight is 336 g/mol. The lowest BCUT2D eigenvalue weighted by atomic mass is 10.0. The zero-order valence-corrected chi connectivity index (χ0v) is 12.9. The van der Waals surface area contributed by atoms with Crippen LogP contribution in [0, 0.1) is 5.82 Å². The van der Waals surface area contributed by atoms with E-state index in [1.165, 1.54) is 30.3 Å². The summed E-state index contributed by atoms with van der Waals surface area (Å²) in [5.41, 5.74) is 6.79. The quantitative estimate of drug-likeness (QED) is 0.638. The highest BCUT2D eigenvalue weighted by molar-refractivity contribution is 5.80. The molecule has 2 aromatic rings. The largest absolute Gasteiger partial charge is 0.416 e. The van der Waals surface area contributed by atoms with Crippen molar-refractivity contribution in [2.45, 2.75) is 6.18 Å². The van der Waals surface area contributed by atoms with Gasteiger partial charge in [-0.2, -0.15) is 13.2 Å². The molecule has 0 aliphatic carbocycles. The Morgan fingerprint density at radius 3 is 2.12 bits per heavy atom. The standard InChI is InChI=1S/C18H16F4N2/c1-11(23)13-3-4-14(16(19)9-13)10-17(24-2)12-5-7-15(8-6-12)18(20,21)22/h3-10,24H,1,23H2,2H3/b17-10-. The molecular weight excluding hydrogens is 320 g/mol. The molecule has 6 heteroatoms. The molecule has 0 amide bonds. The molecule has 0 aliphatic rings. The Morgan fingerprint density at radius 2 is 1.67 bits per heavy atom. The number of nitrogens with one attached hydrogen (secondary N) is 1. The lowest BCUT2D eigenvalue weighted by Crippen LogP contribution is -2.07. The van der Waals surface area contributed by atoms with E-state index in [1.807, 2.05) is 0 Å². The summed E-state index contributed by atoms with van der Waals surface area (Å²) in [6.45, 7) is 3.54. The van der Waals surface area contributed by atoms with Crippen molar-refractivity contribution in [1.82, 2.24) is 5.32 Å². The van der Waals surface area contributed by atoms with Crippen LogP contribution in [0.5, 0.6) is 0 Å². The summed E-state index contributed by atoms with van der Waals surface area (Å²) in [6.07, 6.45) is -2.88. The van der Waals surface area contributed by atoms with Crippen LogP contribution in [0.4, 0.5) is 17.6 Å². The van der Waals surface area contributed by atoms with Gasteiger partial charge in [-0.25, -0.2) is 4.39 Å². The minimum atomic E-state index is -4.39. The van der Waals surface area contributed by atoms with Gasteiger partial charge < -0.3 is 11.1 Å². The molecule has 0 bridgehead atoms. The van der Waals surface area contributed by atoms with E-state index < -0.39 is 17.6 Å². The third-order valence-electron chi connectivity index (χ3n) is 3.46. The molecule has 0 saturated carbocycles. The number of hydrogen-bond acceptors (Lipinski definition) is 2. The lowest BCUT2D eigenvalue weighted by molar-refractivity contribution is -0.137. The summed E-state index contributed by atoms with van der Waals surface area (Å²) in [5.74, 6) is -0.501. The van der Waals surface area contributed by atoms with Crippen molar-refractivity contribution in [3.8, 4) is 0 Å². The average Bonchev–Trinajstić information content (AvgIpc) is 2.53. The fraction of sp³-hybridized carbons (Fsp3) is 0.111. The smallest absolute Gasteiger partial charge is 0.399 e. The topological polar surface area (TPSA) is 38.0 Å². The van der Waals surface area contributed by atoms with Gasteiger partial charge >= 0.3 is 6.18 Å². The normalized spacial score (nSPS) is 12.1. The van der Waals surface area contributed by atoms with E-state index in [1.54, 1.807) is 13.1 Å². The van der Waals surface area contributed by atoms with Crippen molar-refractivity contribution in [3.05, 3.63) is 77.1 Å². The minimum absolute atomic E-state index is 0.251. The molecule has 24 heavy (non-hydrogen) atoms. The molecule has 2 aromatic carbocycles. The summed E-state index contributed by atoms with van der Waals surface area (Å²) in [5, 5.41) is 2.86. The Morgan fingerprint density at radius 1 is 1.08 bits per heavy atom. The molecule has 2 nitrogen and oxygen atoms in total. The maximum absolute atomic E-state index is 14.1. The maximum Gasteiger partial charge on any atom is 0.416 e. The predicted molar refractivity (Wildman–Crippen MR) is 88.0 cm³/mol. The molecule has 0 saturated heterocycles. The van der Waals surface area contributed by atoms with Crippen LogP contribution in [0.15, 0.2) is 49.0 Å². The predicted octanol–water partition coefficient (Wildman–Crippen LogP) is 4.49. The van der Waals surface area contributed by atoms with Crippen molar-refractivity contribution in [2.75, 3.05) is 7.05 Å². The van der Waals surface area contributed by atoms with E-state index in [0.29, 0.717) is 16.8 Å². The summed E-state index contributed by atoms with van der Waals surface area (Å²) < 4.78 is 52.0. The zero-order chi connectivity index (χ0) is 17.9. The second-order valence-electron chi connectivity index (χ2n) is 5.14. The highest BCUT2D eigenvalue weighted by atomic mass is 19.4. The van der Waals surface area contributed by atoms with Crippen molar-refractivity contribution in [1.29, 1.82) is 0 Å².